The Labute approximate surface area is 187 Å². The predicted molar refractivity (Wildman–Crippen MR) is 125 cm³/mol. The van der Waals surface area contributed by atoms with Crippen molar-refractivity contribution in [1.29, 1.82) is 0 Å². The van der Waals surface area contributed by atoms with Gasteiger partial charge in [-0.05, 0) is 69.2 Å². The number of rotatable bonds is 10. The van der Waals surface area contributed by atoms with Crippen LogP contribution in [-0.2, 0) is 30.6 Å². The smallest absolute Gasteiger partial charge is 0.181 e. The van der Waals surface area contributed by atoms with Crippen molar-refractivity contribution < 1.29 is 22.6 Å². The van der Waals surface area contributed by atoms with E-state index in [1.54, 1.807) is 0 Å². The van der Waals surface area contributed by atoms with Gasteiger partial charge in [-0.2, -0.15) is 0 Å². The first-order valence-corrected chi connectivity index (χ1v) is 14.4. The minimum Gasteiger partial charge on any atom is -0.748 e. The molecule has 0 aliphatic heterocycles. The molecule has 2 bridgehead atoms. The molecule has 5 nitrogen and oxygen atoms in total. The van der Waals surface area contributed by atoms with Gasteiger partial charge in [0.25, 0.3) is 0 Å². The zero-order valence-electron chi connectivity index (χ0n) is 20.0. The summed E-state index contributed by atoms with van der Waals surface area (Å²) < 4.78 is 32.7. The first-order chi connectivity index (χ1) is 13.7. The SMILES string of the molecule is CC1(C)C2CCC1(CS(=O)(=O)[O-])C(=O)C2.CCCCCC(=O)C[S+](C(C)C)C(C)C. The number of hydrogen-bond acceptors (Lipinski definition) is 5. The van der Waals surface area contributed by atoms with Gasteiger partial charge in [-0.1, -0.05) is 33.6 Å². The minimum absolute atomic E-state index is 0.0248. The van der Waals surface area contributed by atoms with Crippen molar-refractivity contribution in [3.05, 3.63) is 0 Å². The summed E-state index contributed by atoms with van der Waals surface area (Å²) in [4.78, 5) is 23.6. The van der Waals surface area contributed by atoms with Crippen molar-refractivity contribution in [2.45, 2.75) is 104 Å². The van der Waals surface area contributed by atoms with Gasteiger partial charge in [-0.25, -0.2) is 8.42 Å². The van der Waals surface area contributed by atoms with Crippen molar-refractivity contribution in [2.75, 3.05) is 11.5 Å². The number of hydrogen-bond donors (Lipinski definition) is 0. The Kier molecular flexibility index (Phi) is 10.1. The zero-order valence-corrected chi connectivity index (χ0v) is 21.6. The number of ketones is 2. The average Bonchev–Trinajstić information content (AvgIpc) is 2.92. The first kappa shape index (κ1) is 27.6. The Morgan fingerprint density at radius 2 is 1.73 bits per heavy atom. The maximum atomic E-state index is 11.8. The van der Waals surface area contributed by atoms with Gasteiger partial charge in [-0.15, -0.1) is 0 Å². The number of carbonyl (C=O) groups is 2. The van der Waals surface area contributed by atoms with Crippen molar-refractivity contribution in [3.8, 4) is 0 Å². The van der Waals surface area contributed by atoms with Crippen molar-refractivity contribution >= 4 is 32.6 Å². The highest BCUT2D eigenvalue weighted by Gasteiger charge is 2.64. The van der Waals surface area contributed by atoms with Gasteiger partial charge >= 0.3 is 0 Å². The molecule has 176 valence electrons. The van der Waals surface area contributed by atoms with Crippen LogP contribution in [0, 0.1) is 16.7 Å². The molecule has 0 N–H and O–H groups in total. The molecule has 2 unspecified atom stereocenters. The Hall–Kier alpha value is -0.400. The normalized spacial score (nSPS) is 25.2. The minimum atomic E-state index is -4.33. The van der Waals surface area contributed by atoms with E-state index in [1.165, 1.54) is 12.8 Å². The van der Waals surface area contributed by atoms with Crippen LogP contribution in [0.2, 0.25) is 0 Å². The average molecular weight is 463 g/mol. The maximum Gasteiger partial charge on any atom is 0.181 e. The van der Waals surface area contributed by atoms with Gasteiger partial charge in [-0.3, -0.25) is 9.59 Å². The van der Waals surface area contributed by atoms with Crippen molar-refractivity contribution in [2.24, 2.45) is 16.7 Å². The standard InChI is InChI=1S/C13H27OS.C10H16O4S/c1-6-7-8-9-13(14)10-15(11(2)3)12(4)5;1-9(2)7-3-4-10(9,8(11)5-7)6-15(12,13)14/h11-12H,6-10H2,1-5H3;7H,3-6H2,1-2H3,(H,12,13,14)/q+1;/p-1. The van der Waals surface area contributed by atoms with Gasteiger partial charge < -0.3 is 4.55 Å². The molecule has 7 heteroatoms. The van der Waals surface area contributed by atoms with E-state index in [9.17, 15) is 22.6 Å². The van der Waals surface area contributed by atoms with Gasteiger partial charge in [0, 0.05) is 18.3 Å². The highest BCUT2D eigenvalue weighted by molar-refractivity contribution is 7.98. The lowest BCUT2D eigenvalue weighted by Gasteiger charge is -2.37. The monoisotopic (exact) mass is 462 g/mol. The summed E-state index contributed by atoms with van der Waals surface area (Å²) in [6.07, 6.45) is 6.16. The lowest BCUT2D eigenvalue weighted by Crippen LogP contribution is -2.42. The summed E-state index contributed by atoms with van der Waals surface area (Å²) in [5.74, 6) is 1.02. The van der Waals surface area contributed by atoms with E-state index in [4.69, 9.17) is 0 Å². The summed E-state index contributed by atoms with van der Waals surface area (Å²) in [5, 5.41) is 1.31. The summed E-state index contributed by atoms with van der Waals surface area (Å²) in [5.41, 5.74) is -1.22. The van der Waals surface area contributed by atoms with Crippen LogP contribution in [0.1, 0.15) is 93.4 Å². The molecule has 0 aromatic heterocycles. The Balaban J connectivity index is 0.000000300. The summed E-state index contributed by atoms with van der Waals surface area (Å²) in [6, 6.07) is 0. The Morgan fingerprint density at radius 1 is 1.17 bits per heavy atom. The number of carbonyl (C=O) groups excluding carboxylic acids is 2. The van der Waals surface area contributed by atoms with E-state index in [2.05, 4.69) is 34.6 Å². The molecule has 0 amide bonds. The molecule has 0 aromatic carbocycles. The van der Waals surface area contributed by atoms with Crippen LogP contribution in [0.15, 0.2) is 0 Å². The van der Waals surface area contributed by atoms with Crippen LogP contribution in [0.3, 0.4) is 0 Å². The van der Waals surface area contributed by atoms with Crippen molar-refractivity contribution in [3.63, 3.8) is 0 Å². The fourth-order valence-corrected chi connectivity index (χ4v) is 8.67. The zero-order chi connectivity index (χ0) is 23.3. The van der Waals surface area contributed by atoms with Gasteiger partial charge in [0.2, 0.25) is 0 Å². The van der Waals surface area contributed by atoms with Crippen LogP contribution in [0.5, 0.6) is 0 Å². The van der Waals surface area contributed by atoms with E-state index in [-0.39, 0.29) is 28.0 Å². The first-order valence-electron chi connectivity index (χ1n) is 11.3. The Morgan fingerprint density at radius 3 is 2.10 bits per heavy atom. The molecule has 0 saturated heterocycles. The highest BCUT2D eigenvalue weighted by atomic mass is 32.2. The quantitative estimate of drug-likeness (QED) is 0.271. The van der Waals surface area contributed by atoms with E-state index in [0.717, 1.165) is 25.0 Å². The third-order valence-electron chi connectivity index (χ3n) is 7.16. The lowest BCUT2D eigenvalue weighted by atomic mass is 9.70. The van der Waals surface area contributed by atoms with E-state index < -0.39 is 21.3 Å². The molecule has 2 aliphatic carbocycles. The lowest BCUT2D eigenvalue weighted by molar-refractivity contribution is -0.128. The molecule has 2 fully saturated rings. The maximum absolute atomic E-state index is 11.8. The predicted octanol–water partition coefficient (Wildman–Crippen LogP) is 4.50. The van der Waals surface area contributed by atoms with Crippen LogP contribution in [0.4, 0.5) is 0 Å². The molecular formula is C23H42O5S2. The molecule has 0 heterocycles. The summed E-state index contributed by atoms with van der Waals surface area (Å²) >= 11 is 0. The van der Waals surface area contributed by atoms with Gasteiger partial charge in [0.15, 0.2) is 11.5 Å². The van der Waals surface area contributed by atoms with Crippen LogP contribution < -0.4 is 0 Å². The molecule has 30 heavy (non-hydrogen) atoms. The molecule has 0 radical (unpaired) electrons. The number of unbranched alkanes of at least 4 members (excludes halogenated alkanes) is 2. The molecule has 2 atom stereocenters. The van der Waals surface area contributed by atoms with Gasteiger partial charge in [0.1, 0.15) is 16.3 Å². The Bertz CT molecular complexity index is 688. The molecule has 2 aliphatic rings. The molecule has 2 saturated carbocycles. The summed E-state index contributed by atoms with van der Waals surface area (Å²) in [6.45, 7) is 15.0. The highest BCUT2D eigenvalue weighted by Crippen LogP contribution is 2.64. The third-order valence-corrected chi connectivity index (χ3v) is 11.1. The topological polar surface area (TPSA) is 91.3 Å². The van der Waals surface area contributed by atoms with Crippen LogP contribution in [0.25, 0.3) is 0 Å². The van der Waals surface area contributed by atoms with Gasteiger partial charge in [0.05, 0.1) is 15.9 Å². The molecular weight excluding hydrogens is 420 g/mol. The molecule has 0 spiro atoms. The molecule has 0 aromatic rings. The van der Waals surface area contributed by atoms with Crippen molar-refractivity contribution in [1.82, 2.24) is 0 Å². The largest absolute Gasteiger partial charge is 0.748 e. The fraction of sp³-hybridized carbons (Fsp3) is 0.913. The molecule has 2 rings (SSSR count). The second-order valence-corrected chi connectivity index (χ2v) is 14.6. The number of fused-ring (bicyclic) bond motifs is 2. The second kappa shape index (κ2) is 11.0. The third kappa shape index (κ3) is 6.80. The van der Waals surface area contributed by atoms with E-state index in [1.807, 2.05) is 13.8 Å². The van der Waals surface area contributed by atoms with E-state index >= 15 is 0 Å². The second-order valence-electron chi connectivity index (χ2n) is 10.1. The fourth-order valence-electron chi connectivity index (χ4n) is 5.12. The van der Waals surface area contributed by atoms with E-state index in [0.29, 0.717) is 29.1 Å². The number of Topliss-reactive ketones (excluding diaryl/α,β-unsaturated/α-hetero) is 2. The summed E-state index contributed by atoms with van der Waals surface area (Å²) in [7, 11) is -4.04. The van der Waals surface area contributed by atoms with Crippen LogP contribution in [-0.4, -0.2) is 46.5 Å². The van der Waals surface area contributed by atoms with Crippen LogP contribution >= 0.6 is 0 Å².